The van der Waals surface area contributed by atoms with E-state index in [1.54, 1.807) is 11.9 Å². The number of amides is 1. The summed E-state index contributed by atoms with van der Waals surface area (Å²) in [7, 11) is 1.80. The van der Waals surface area contributed by atoms with Gasteiger partial charge in [0.05, 0.1) is 5.69 Å². The Kier molecular flexibility index (Phi) is 3.66. The predicted octanol–water partition coefficient (Wildman–Crippen LogP) is 2.38. The molecule has 2 aliphatic rings. The molecule has 4 nitrogen and oxygen atoms in total. The fraction of sp³-hybridized carbons (Fsp3) is 0.562. The molecule has 3 rings (SSSR count). The number of fused-ring (bicyclic) bond motifs is 1. The number of hydrogen-bond donors (Lipinski definition) is 1. The van der Waals surface area contributed by atoms with E-state index in [0.717, 1.165) is 30.1 Å². The van der Waals surface area contributed by atoms with Gasteiger partial charge in [-0.05, 0) is 18.6 Å². The molecule has 0 bridgehead atoms. The van der Waals surface area contributed by atoms with Gasteiger partial charge in [-0.25, -0.2) is 0 Å². The standard InChI is InChI=1S/C16H23N3OS/c1-16(2)6-7-19(8-9-21-16)11-4-5-12-13(10-11)18(3)15(20)14(12)17/h4-5,10,14H,6-9,17H2,1-3H3. The van der Waals surface area contributed by atoms with Gasteiger partial charge < -0.3 is 15.5 Å². The molecule has 5 heteroatoms. The van der Waals surface area contributed by atoms with Gasteiger partial charge in [0.15, 0.2) is 0 Å². The Balaban J connectivity index is 1.87. The van der Waals surface area contributed by atoms with Crippen LogP contribution in [-0.2, 0) is 4.79 Å². The third kappa shape index (κ3) is 2.64. The molecule has 1 atom stereocenters. The average molecular weight is 305 g/mol. The molecule has 1 saturated heterocycles. The van der Waals surface area contributed by atoms with Gasteiger partial charge in [0, 0.05) is 41.9 Å². The van der Waals surface area contributed by atoms with E-state index >= 15 is 0 Å². The molecule has 2 heterocycles. The molecule has 1 aromatic rings. The zero-order valence-corrected chi connectivity index (χ0v) is 13.7. The van der Waals surface area contributed by atoms with Crippen LogP contribution >= 0.6 is 11.8 Å². The van der Waals surface area contributed by atoms with Crippen molar-refractivity contribution in [1.29, 1.82) is 0 Å². The molecule has 2 N–H and O–H groups in total. The Bertz CT molecular complexity index is 573. The molecule has 2 aliphatic heterocycles. The second-order valence-corrected chi connectivity index (χ2v) is 8.27. The molecule has 0 spiro atoms. The number of nitrogens with zero attached hydrogens (tertiary/aromatic N) is 2. The highest BCUT2D eigenvalue weighted by Crippen LogP contribution is 2.38. The molecule has 114 valence electrons. The quantitative estimate of drug-likeness (QED) is 0.865. The maximum Gasteiger partial charge on any atom is 0.248 e. The van der Waals surface area contributed by atoms with Crippen molar-refractivity contribution in [2.24, 2.45) is 5.73 Å². The van der Waals surface area contributed by atoms with Crippen molar-refractivity contribution in [2.45, 2.75) is 31.1 Å². The van der Waals surface area contributed by atoms with E-state index in [1.807, 2.05) is 17.8 Å². The van der Waals surface area contributed by atoms with Gasteiger partial charge in [0.25, 0.3) is 0 Å². The Hall–Kier alpha value is -1.20. The molecule has 1 fully saturated rings. The van der Waals surface area contributed by atoms with E-state index in [2.05, 4.69) is 30.9 Å². The van der Waals surface area contributed by atoms with Crippen LogP contribution in [0.4, 0.5) is 11.4 Å². The molecule has 1 amide bonds. The lowest BCUT2D eigenvalue weighted by atomic mass is 10.1. The van der Waals surface area contributed by atoms with Gasteiger partial charge in [0.1, 0.15) is 6.04 Å². The van der Waals surface area contributed by atoms with Crippen LogP contribution in [0, 0.1) is 0 Å². The summed E-state index contributed by atoms with van der Waals surface area (Å²) < 4.78 is 0.348. The normalized spacial score (nSPS) is 25.0. The second-order valence-electron chi connectivity index (χ2n) is 6.46. The number of carbonyl (C=O) groups is 1. The molecular weight excluding hydrogens is 282 g/mol. The van der Waals surface area contributed by atoms with Crippen LogP contribution in [0.25, 0.3) is 0 Å². The van der Waals surface area contributed by atoms with Crippen molar-refractivity contribution in [3.63, 3.8) is 0 Å². The zero-order chi connectivity index (χ0) is 15.2. The Labute approximate surface area is 130 Å². The molecule has 0 saturated carbocycles. The summed E-state index contributed by atoms with van der Waals surface area (Å²) in [5.41, 5.74) is 9.06. The Morgan fingerprint density at radius 1 is 1.33 bits per heavy atom. The third-order valence-electron chi connectivity index (χ3n) is 4.51. The summed E-state index contributed by atoms with van der Waals surface area (Å²) in [5.74, 6) is 1.12. The first-order valence-electron chi connectivity index (χ1n) is 7.45. The van der Waals surface area contributed by atoms with E-state index in [0.29, 0.717) is 4.75 Å². The first-order chi connectivity index (χ1) is 9.89. The number of nitrogens with two attached hydrogens (primary N) is 1. The maximum atomic E-state index is 12.0. The van der Waals surface area contributed by atoms with Crippen LogP contribution in [0.2, 0.25) is 0 Å². The molecule has 0 aliphatic carbocycles. The molecule has 21 heavy (non-hydrogen) atoms. The lowest BCUT2D eigenvalue weighted by molar-refractivity contribution is -0.118. The third-order valence-corrected chi connectivity index (χ3v) is 5.88. The first kappa shape index (κ1) is 14.7. The summed E-state index contributed by atoms with van der Waals surface area (Å²) in [5, 5.41) is 0. The number of rotatable bonds is 1. The number of benzene rings is 1. The average Bonchev–Trinajstić information content (AvgIpc) is 2.60. The summed E-state index contributed by atoms with van der Waals surface area (Å²) in [6, 6.07) is 5.73. The van der Waals surface area contributed by atoms with Crippen LogP contribution < -0.4 is 15.5 Å². The smallest absolute Gasteiger partial charge is 0.248 e. The molecular formula is C16H23N3OS. The SMILES string of the molecule is CN1C(=O)C(N)c2ccc(N3CCSC(C)(C)CC3)cc21. The lowest BCUT2D eigenvalue weighted by Crippen LogP contribution is -2.28. The van der Waals surface area contributed by atoms with Gasteiger partial charge >= 0.3 is 0 Å². The maximum absolute atomic E-state index is 12.0. The molecule has 1 unspecified atom stereocenters. The Morgan fingerprint density at radius 2 is 2.10 bits per heavy atom. The molecule has 0 aromatic heterocycles. The number of carbonyl (C=O) groups excluding carboxylic acids is 1. The van der Waals surface area contributed by atoms with Crippen molar-refractivity contribution in [3.8, 4) is 0 Å². The highest BCUT2D eigenvalue weighted by atomic mass is 32.2. The van der Waals surface area contributed by atoms with Crippen LogP contribution in [0.3, 0.4) is 0 Å². The van der Waals surface area contributed by atoms with Crippen molar-refractivity contribution in [3.05, 3.63) is 23.8 Å². The fourth-order valence-corrected chi connectivity index (χ4v) is 4.12. The minimum Gasteiger partial charge on any atom is -0.371 e. The monoisotopic (exact) mass is 305 g/mol. The van der Waals surface area contributed by atoms with Gasteiger partial charge in [-0.3, -0.25) is 4.79 Å². The lowest BCUT2D eigenvalue weighted by Gasteiger charge is -2.25. The van der Waals surface area contributed by atoms with Crippen molar-refractivity contribution >= 4 is 29.0 Å². The van der Waals surface area contributed by atoms with Crippen LogP contribution in [0.15, 0.2) is 18.2 Å². The molecule has 0 radical (unpaired) electrons. The van der Waals surface area contributed by atoms with Crippen molar-refractivity contribution < 1.29 is 4.79 Å². The topological polar surface area (TPSA) is 49.6 Å². The van der Waals surface area contributed by atoms with Crippen molar-refractivity contribution in [2.75, 3.05) is 35.7 Å². The number of anilines is 2. The van der Waals surface area contributed by atoms with E-state index in [4.69, 9.17) is 5.73 Å². The second kappa shape index (κ2) is 5.21. The summed E-state index contributed by atoms with van der Waals surface area (Å²) in [6.07, 6.45) is 1.17. The van der Waals surface area contributed by atoms with Gasteiger partial charge in [-0.2, -0.15) is 11.8 Å². The van der Waals surface area contributed by atoms with E-state index < -0.39 is 6.04 Å². The number of hydrogen-bond acceptors (Lipinski definition) is 4. The largest absolute Gasteiger partial charge is 0.371 e. The minimum atomic E-state index is -0.502. The van der Waals surface area contributed by atoms with Crippen LogP contribution in [0.5, 0.6) is 0 Å². The fourth-order valence-electron chi connectivity index (χ4n) is 3.02. The van der Waals surface area contributed by atoms with Crippen molar-refractivity contribution in [1.82, 2.24) is 0 Å². The zero-order valence-electron chi connectivity index (χ0n) is 12.9. The van der Waals surface area contributed by atoms with Gasteiger partial charge in [-0.15, -0.1) is 0 Å². The van der Waals surface area contributed by atoms with Gasteiger partial charge in [0.2, 0.25) is 5.91 Å². The van der Waals surface area contributed by atoms with Gasteiger partial charge in [-0.1, -0.05) is 19.9 Å². The van der Waals surface area contributed by atoms with Crippen LogP contribution in [0.1, 0.15) is 31.9 Å². The number of likely N-dealkylation sites (N-methyl/N-ethyl adjacent to an activating group) is 1. The van der Waals surface area contributed by atoms with E-state index in [9.17, 15) is 4.79 Å². The predicted molar refractivity (Wildman–Crippen MR) is 90.1 cm³/mol. The highest BCUT2D eigenvalue weighted by molar-refractivity contribution is 8.00. The number of thioether (sulfide) groups is 1. The van der Waals surface area contributed by atoms with E-state index in [1.165, 1.54) is 12.1 Å². The first-order valence-corrected chi connectivity index (χ1v) is 8.44. The van der Waals surface area contributed by atoms with Crippen LogP contribution in [-0.4, -0.2) is 36.5 Å². The highest BCUT2D eigenvalue weighted by Gasteiger charge is 2.33. The minimum absolute atomic E-state index is 0.0188. The molecule has 1 aromatic carbocycles. The summed E-state index contributed by atoms with van der Waals surface area (Å²) in [6.45, 7) is 6.74. The van der Waals surface area contributed by atoms with E-state index in [-0.39, 0.29) is 5.91 Å². The summed E-state index contributed by atoms with van der Waals surface area (Å²) in [4.78, 5) is 16.1. The summed E-state index contributed by atoms with van der Waals surface area (Å²) >= 11 is 2.04. The Morgan fingerprint density at radius 3 is 2.86 bits per heavy atom.